The number of nitriles is 4. The van der Waals surface area contributed by atoms with Crippen molar-refractivity contribution in [3.8, 4) is 80.2 Å². The first-order valence-electron chi connectivity index (χ1n) is 21.5. The lowest BCUT2D eigenvalue weighted by atomic mass is 9.91. The van der Waals surface area contributed by atoms with Crippen LogP contribution >= 0.6 is 0 Å². The van der Waals surface area contributed by atoms with E-state index in [4.69, 9.17) is 0 Å². The summed E-state index contributed by atoms with van der Waals surface area (Å²) < 4.78 is 46.3. The van der Waals surface area contributed by atoms with Gasteiger partial charge in [-0.1, -0.05) is 91.0 Å². The molecule has 2 heterocycles. The van der Waals surface area contributed by atoms with Crippen LogP contribution in [0.15, 0.2) is 188 Å². The van der Waals surface area contributed by atoms with Crippen molar-refractivity contribution in [1.82, 2.24) is 9.13 Å². The number of halogens is 3. The minimum atomic E-state index is -4.65. The van der Waals surface area contributed by atoms with Crippen LogP contribution in [0.1, 0.15) is 27.8 Å². The van der Waals surface area contributed by atoms with Crippen LogP contribution in [-0.2, 0) is 6.18 Å². The van der Waals surface area contributed by atoms with Crippen molar-refractivity contribution >= 4 is 43.6 Å². The largest absolute Gasteiger partial charge is 0.416 e. The Hall–Kier alpha value is -9.67. The Balaban J connectivity index is 1.21. The highest BCUT2D eigenvalue weighted by Gasteiger charge is 2.31. The molecule has 0 fully saturated rings. The molecule has 9 heteroatoms. The number of rotatable bonds is 6. The molecule has 0 aliphatic heterocycles. The zero-order valence-electron chi connectivity index (χ0n) is 35.7. The lowest BCUT2D eigenvalue weighted by molar-refractivity contribution is -0.137. The zero-order chi connectivity index (χ0) is 46.7. The number of alkyl halides is 3. The number of aromatic nitrogens is 2. The fourth-order valence-corrected chi connectivity index (χ4v) is 9.56. The molecule has 2 aromatic heterocycles. The average molecular weight is 881 g/mol. The molecule has 0 aliphatic rings. The van der Waals surface area contributed by atoms with Crippen molar-refractivity contribution in [3.63, 3.8) is 0 Å². The zero-order valence-corrected chi connectivity index (χ0v) is 35.7. The Kier molecular flexibility index (Phi) is 9.72. The molecule has 0 saturated heterocycles. The van der Waals surface area contributed by atoms with E-state index in [9.17, 15) is 34.2 Å². The van der Waals surface area contributed by atoms with E-state index in [2.05, 4.69) is 63.7 Å². The number of hydrogen-bond acceptors (Lipinski definition) is 4. The second-order valence-corrected chi connectivity index (χ2v) is 16.5. The Morgan fingerprint density at radius 1 is 0.353 bits per heavy atom. The van der Waals surface area contributed by atoms with Gasteiger partial charge in [0, 0.05) is 32.7 Å². The molecule has 6 nitrogen and oxygen atoms in total. The molecule has 68 heavy (non-hydrogen) atoms. The molecule has 0 radical (unpaired) electrons. The van der Waals surface area contributed by atoms with Crippen LogP contribution in [0.4, 0.5) is 13.2 Å². The molecule has 0 spiro atoms. The van der Waals surface area contributed by atoms with Crippen molar-refractivity contribution in [2.75, 3.05) is 0 Å². The Morgan fingerprint density at radius 2 is 0.853 bits per heavy atom. The monoisotopic (exact) mass is 880 g/mol. The Bertz CT molecular complexity index is 4050. The van der Waals surface area contributed by atoms with Gasteiger partial charge in [0.25, 0.3) is 0 Å². The fraction of sp³-hybridized carbons (Fsp3) is 0.0169. The predicted octanol–water partition coefficient (Wildman–Crippen LogP) is 15.1. The van der Waals surface area contributed by atoms with Gasteiger partial charge >= 0.3 is 6.18 Å². The molecule has 9 aromatic carbocycles. The summed E-state index contributed by atoms with van der Waals surface area (Å²) in [6.45, 7) is 0. The van der Waals surface area contributed by atoms with Crippen LogP contribution in [0.2, 0.25) is 0 Å². The molecule has 0 bridgehead atoms. The van der Waals surface area contributed by atoms with E-state index < -0.39 is 11.7 Å². The molecule has 0 N–H and O–H groups in total. The van der Waals surface area contributed by atoms with Gasteiger partial charge in [-0.15, -0.1) is 0 Å². The highest BCUT2D eigenvalue weighted by Crippen LogP contribution is 2.45. The third-order valence-electron chi connectivity index (χ3n) is 12.7. The van der Waals surface area contributed by atoms with Gasteiger partial charge in [0.2, 0.25) is 0 Å². The summed E-state index contributed by atoms with van der Waals surface area (Å²) in [5, 5.41) is 44.1. The lowest BCUT2D eigenvalue weighted by Gasteiger charge is -2.21. The quantitative estimate of drug-likeness (QED) is 0.166. The highest BCUT2D eigenvalue weighted by atomic mass is 19.4. The third kappa shape index (κ3) is 6.71. The van der Waals surface area contributed by atoms with Gasteiger partial charge in [0.1, 0.15) is 0 Å². The van der Waals surface area contributed by atoms with E-state index in [0.717, 1.165) is 78.0 Å². The molecular formula is C59H31F3N6. The number of para-hydroxylation sites is 2. The van der Waals surface area contributed by atoms with Crippen LogP contribution in [0.25, 0.3) is 99.5 Å². The van der Waals surface area contributed by atoms with Crippen molar-refractivity contribution in [1.29, 1.82) is 21.0 Å². The maximum absolute atomic E-state index is 14.0. The predicted molar refractivity (Wildman–Crippen MR) is 261 cm³/mol. The number of nitrogens with zero attached hydrogens (tertiary/aromatic N) is 6. The van der Waals surface area contributed by atoms with Crippen LogP contribution in [-0.4, -0.2) is 9.13 Å². The number of hydrogen-bond donors (Lipinski definition) is 0. The van der Waals surface area contributed by atoms with Gasteiger partial charge in [-0.2, -0.15) is 34.2 Å². The van der Waals surface area contributed by atoms with E-state index >= 15 is 0 Å². The summed E-state index contributed by atoms with van der Waals surface area (Å²) in [7, 11) is 0. The topological polar surface area (TPSA) is 105 Å². The van der Waals surface area contributed by atoms with Crippen LogP contribution in [0, 0.1) is 45.3 Å². The van der Waals surface area contributed by atoms with Gasteiger partial charge in [-0.25, -0.2) is 0 Å². The second-order valence-electron chi connectivity index (χ2n) is 16.5. The summed E-state index contributed by atoms with van der Waals surface area (Å²) in [5.74, 6) is 0. The van der Waals surface area contributed by atoms with E-state index in [-0.39, 0.29) is 5.56 Å². The summed E-state index contributed by atoms with van der Waals surface area (Å²) in [6, 6.07) is 66.7. The maximum Gasteiger partial charge on any atom is 0.416 e. The minimum absolute atomic E-state index is 0.139. The van der Waals surface area contributed by atoms with Crippen molar-refractivity contribution < 1.29 is 13.2 Å². The first-order valence-corrected chi connectivity index (χ1v) is 21.5. The summed E-state index contributed by atoms with van der Waals surface area (Å²) in [4.78, 5) is 0. The van der Waals surface area contributed by atoms with Gasteiger partial charge in [-0.3, -0.25) is 0 Å². The van der Waals surface area contributed by atoms with E-state index in [0.29, 0.717) is 50.3 Å². The fourth-order valence-electron chi connectivity index (χ4n) is 9.56. The second kappa shape index (κ2) is 16.1. The molecule has 11 rings (SSSR count). The summed E-state index contributed by atoms with van der Waals surface area (Å²) in [6.07, 6.45) is -4.65. The summed E-state index contributed by atoms with van der Waals surface area (Å²) >= 11 is 0. The van der Waals surface area contributed by atoms with Crippen LogP contribution in [0.5, 0.6) is 0 Å². The molecule has 318 valence electrons. The normalized spacial score (nSPS) is 11.4. The molecule has 0 amide bonds. The van der Waals surface area contributed by atoms with Crippen molar-refractivity contribution in [2.45, 2.75) is 6.18 Å². The Morgan fingerprint density at radius 3 is 1.38 bits per heavy atom. The van der Waals surface area contributed by atoms with Crippen LogP contribution in [0.3, 0.4) is 0 Å². The van der Waals surface area contributed by atoms with Crippen LogP contribution < -0.4 is 0 Å². The van der Waals surface area contributed by atoms with E-state index in [1.54, 1.807) is 30.3 Å². The van der Waals surface area contributed by atoms with Gasteiger partial charge in [-0.05, 0) is 130 Å². The van der Waals surface area contributed by atoms with E-state index in [1.165, 1.54) is 6.07 Å². The number of benzene rings is 9. The molecule has 0 aliphatic carbocycles. The maximum atomic E-state index is 14.0. The smallest absolute Gasteiger partial charge is 0.309 e. The van der Waals surface area contributed by atoms with Crippen molar-refractivity contribution in [2.24, 2.45) is 0 Å². The van der Waals surface area contributed by atoms with E-state index in [1.807, 2.05) is 109 Å². The van der Waals surface area contributed by atoms with Gasteiger partial charge in [0.15, 0.2) is 0 Å². The molecule has 11 aromatic rings. The molecule has 0 unspecified atom stereocenters. The molecule has 0 atom stereocenters. The van der Waals surface area contributed by atoms with Crippen molar-refractivity contribution in [3.05, 3.63) is 216 Å². The average Bonchev–Trinajstić information content (AvgIpc) is 3.89. The molecular weight excluding hydrogens is 850 g/mol. The first kappa shape index (κ1) is 41.1. The highest BCUT2D eigenvalue weighted by molar-refractivity contribution is 6.13. The van der Waals surface area contributed by atoms with Gasteiger partial charge < -0.3 is 9.13 Å². The standard InChI is InChI=1S/C59H31F3N6/c60-59(61,62)45-23-24-46(44(28-45)35-66)42-22-27-56(67-52-9-3-1-7-47(52)49-29-40(20-25-54(49)67)38-16-12-36(32-63)13-17-38)51(31-42)58-43(34-65)6-5-11-57(58)68-53-10-4-2-8-48(53)50-30-41(21-26-55(50)68)39-18-14-37(33-64)15-19-39/h1-31H. The van der Waals surface area contributed by atoms with Gasteiger partial charge in [0.05, 0.1) is 85.5 Å². The first-order chi connectivity index (χ1) is 33.2. The SMILES string of the molecule is N#Cc1ccc(-c2ccc3c(c2)c2ccccc2n3-c2ccc(-c3ccc(C(F)(F)F)cc3C#N)cc2-c2c(C#N)cccc2-n2c3ccccc3c3cc(-c4ccc(C#N)cc4)ccc32)cc1. The number of fused-ring (bicyclic) bond motifs is 6. The summed E-state index contributed by atoms with van der Waals surface area (Å²) in [5.41, 5.74) is 11.1. The lowest BCUT2D eigenvalue weighted by Crippen LogP contribution is -2.06. The Labute approximate surface area is 387 Å². The minimum Gasteiger partial charge on any atom is -0.309 e. The molecule has 0 saturated carbocycles. The third-order valence-corrected chi connectivity index (χ3v) is 12.7.